The zero-order valence-electron chi connectivity index (χ0n) is 27.5. The number of hydrogen-bond acceptors (Lipinski definition) is 11. The Morgan fingerprint density at radius 2 is 1.65 bits per heavy atom. The summed E-state index contributed by atoms with van der Waals surface area (Å²) in [6.07, 6.45) is 1.14. The quantitative estimate of drug-likeness (QED) is 0.134. The predicted molar refractivity (Wildman–Crippen MR) is 177 cm³/mol. The van der Waals surface area contributed by atoms with Crippen LogP contribution in [0.25, 0.3) is 0 Å². The molecule has 2 heterocycles. The first-order valence-electron chi connectivity index (χ1n) is 15.8. The molecule has 2 aliphatic heterocycles. The van der Waals surface area contributed by atoms with Crippen molar-refractivity contribution in [3.63, 3.8) is 0 Å². The molecule has 0 aromatic heterocycles. The highest BCUT2D eigenvalue weighted by Gasteiger charge is 2.37. The molecule has 256 valence electrons. The Balaban J connectivity index is 1.27. The van der Waals surface area contributed by atoms with E-state index in [0.717, 1.165) is 12.0 Å². The van der Waals surface area contributed by atoms with Gasteiger partial charge in [0.15, 0.2) is 6.10 Å². The van der Waals surface area contributed by atoms with Crippen LogP contribution in [-0.2, 0) is 14.3 Å². The van der Waals surface area contributed by atoms with Crippen LogP contribution in [0.15, 0.2) is 84.0 Å². The summed E-state index contributed by atoms with van der Waals surface area (Å²) in [5, 5.41) is 18.5. The molecule has 0 saturated carbocycles. The molecule has 0 aliphatic carbocycles. The van der Waals surface area contributed by atoms with E-state index in [4.69, 9.17) is 38.0 Å². The van der Waals surface area contributed by atoms with E-state index in [2.05, 4.69) is 10.5 Å². The van der Waals surface area contributed by atoms with Crippen molar-refractivity contribution in [2.75, 3.05) is 41.1 Å². The monoisotopic (exact) mass is 662 g/mol. The molecule has 0 radical (unpaired) electrons. The highest BCUT2D eigenvalue weighted by molar-refractivity contribution is 6.07. The van der Waals surface area contributed by atoms with Gasteiger partial charge in [-0.1, -0.05) is 30.3 Å². The predicted octanol–water partition coefficient (Wildman–Crippen LogP) is 5.23. The highest BCUT2D eigenvalue weighted by atomic mass is 16.6. The average Bonchev–Trinajstić information content (AvgIpc) is 3.12. The first-order chi connectivity index (χ1) is 23.4. The van der Waals surface area contributed by atoms with Crippen LogP contribution in [-0.4, -0.2) is 82.4 Å². The third-order valence-corrected chi connectivity index (χ3v) is 7.82. The largest absolute Gasteiger partial charge is 0.497 e. The Morgan fingerprint density at radius 1 is 0.917 bits per heavy atom. The number of nitrogens with zero attached hydrogens (tertiary/aromatic N) is 1. The number of alkyl carbamates (subject to hydrolysis) is 1. The fourth-order valence-corrected chi connectivity index (χ4v) is 5.26. The van der Waals surface area contributed by atoms with Gasteiger partial charge in [0.2, 0.25) is 0 Å². The molecule has 5 atom stereocenters. The molecule has 48 heavy (non-hydrogen) atoms. The number of methoxy groups -OCH3 is 3. The lowest BCUT2D eigenvalue weighted by atomic mass is 9.92. The fraction of sp³-hybridized carbons (Fsp3) is 0.389. The van der Waals surface area contributed by atoms with Crippen molar-refractivity contribution in [1.82, 2.24) is 5.32 Å². The number of amides is 1. The minimum absolute atomic E-state index is 0.0170. The Kier molecular flexibility index (Phi) is 12.0. The average molecular weight is 663 g/mol. The molecule has 0 unspecified atom stereocenters. The normalized spacial score (nSPS) is 22.2. The summed E-state index contributed by atoms with van der Waals surface area (Å²) in [5.41, 5.74) is 1.59. The molecule has 3 aromatic rings. The second-order valence-electron chi connectivity index (χ2n) is 11.1. The number of oxime groups is 1. The van der Waals surface area contributed by atoms with Crippen molar-refractivity contribution in [2.45, 2.75) is 50.3 Å². The van der Waals surface area contributed by atoms with Crippen LogP contribution < -0.4 is 29.0 Å². The lowest BCUT2D eigenvalue weighted by molar-refractivity contribution is -0.0808. The van der Waals surface area contributed by atoms with Gasteiger partial charge in [-0.3, -0.25) is 0 Å². The van der Waals surface area contributed by atoms with Crippen molar-refractivity contribution in [2.24, 2.45) is 5.16 Å². The molecule has 0 fully saturated rings. The summed E-state index contributed by atoms with van der Waals surface area (Å²) < 4.78 is 40.1. The molecule has 0 spiro atoms. The third kappa shape index (κ3) is 8.69. The standard InChI is InChI=1S/C36H42N2O10/c1-5-18-37-36(40)44-22-32-31(46-25-11-9-24(41-2)10-12-25)16-13-26(47-32)17-19-45-38-33-29-21-28(43-4)14-15-30(29)48-35(34(33)39)23-7-6-8-27(20-23)42-3/h6-16,20-21,26,31-32,34-35,39H,5,17-19,22H2,1-4H3,(H,37,40)/t26-,31-,32+,34-,35+/m0/s1. The van der Waals surface area contributed by atoms with E-state index in [1.54, 1.807) is 63.8 Å². The number of ether oxygens (including phenoxy) is 7. The number of aliphatic hydroxyl groups excluding tert-OH is 1. The van der Waals surface area contributed by atoms with Crippen molar-refractivity contribution in [1.29, 1.82) is 0 Å². The number of nitrogens with one attached hydrogen (secondary N) is 1. The number of carbonyl (C=O) groups excluding carboxylic acids is 1. The summed E-state index contributed by atoms with van der Waals surface area (Å²) in [4.78, 5) is 18.0. The van der Waals surface area contributed by atoms with Crippen molar-refractivity contribution < 1.29 is 47.9 Å². The number of rotatable bonds is 14. The SMILES string of the molecule is CCCNC(=O)OC[C@H]1O[C@H](CCON=C2c3cc(OC)ccc3O[C@H](c3cccc(OC)c3)[C@H]2O)C=C[C@@H]1Oc1ccc(OC)cc1. The van der Waals surface area contributed by atoms with Gasteiger partial charge in [-0.05, 0) is 72.7 Å². The number of aliphatic hydroxyl groups is 1. The smallest absolute Gasteiger partial charge is 0.407 e. The van der Waals surface area contributed by atoms with Gasteiger partial charge in [-0.15, -0.1) is 0 Å². The molecule has 1 amide bonds. The lowest BCUT2D eigenvalue weighted by Gasteiger charge is -2.32. The minimum Gasteiger partial charge on any atom is -0.497 e. The van der Waals surface area contributed by atoms with Gasteiger partial charge in [0.1, 0.15) is 66.0 Å². The maximum absolute atomic E-state index is 12.2. The van der Waals surface area contributed by atoms with Gasteiger partial charge in [-0.2, -0.15) is 0 Å². The van der Waals surface area contributed by atoms with Gasteiger partial charge in [-0.25, -0.2) is 4.79 Å². The second kappa shape index (κ2) is 16.8. The Labute approximate surface area is 280 Å². The maximum Gasteiger partial charge on any atom is 0.407 e. The number of hydrogen-bond donors (Lipinski definition) is 2. The molecule has 12 nitrogen and oxygen atoms in total. The molecule has 5 rings (SSSR count). The van der Waals surface area contributed by atoms with Crippen LogP contribution in [0.2, 0.25) is 0 Å². The maximum atomic E-state index is 12.2. The second-order valence-corrected chi connectivity index (χ2v) is 11.1. The summed E-state index contributed by atoms with van der Waals surface area (Å²) in [6, 6.07) is 19.8. The summed E-state index contributed by atoms with van der Waals surface area (Å²) >= 11 is 0. The van der Waals surface area contributed by atoms with E-state index < -0.39 is 30.5 Å². The first kappa shape index (κ1) is 34.4. The molecule has 12 heteroatoms. The van der Waals surface area contributed by atoms with Gasteiger partial charge >= 0.3 is 6.09 Å². The van der Waals surface area contributed by atoms with Gasteiger partial charge in [0.25, 0.3) is 0 Å². The summed E-state index contributed by atoms with van der Waals surface area (Å²) in [7, 11) is 4.74. The minimum atomic E-state index is -1.14. The molecule has 3 aromatic carbocycles. The van der Waals surface area contributed by atoms with Crippen LogP contribution in [0.3, 0.4) is 0 Å². The Morgan fingerprint density at radius 3 is 2.40 bits per heavy atom. The zero-order valence-corrected chi connectivity index (χ0v) is 27.5. The summed E-state index contributed by atoms with van der Waals surface area (Å²) in [6.45, 7) is 2.63. The number of benzene rings is 3. The van der Waals surface area contributed by atoms with E-state index in [0.29, 0.717) is 53.0 Å². The van der Waals surface area contributed by atoms with Crippen molar-refractivity contribution >= 4 is 11.8 Å². The number of carbonyl (C=O) groups is 1. The molecule has 2 N–H and O–H groups in total. The van der Waals surface area contributed by atoms with Crippen LogP contribution in [0, 0.1) is 0 Å². The van der Waals surface area contributed by atoms with Crippen LogP contribution >= 0.6 is 0 Å². The topological polar surface area (TPSA) is 136 Å². The van der Waals surface area contributed by atoms with Crippen LogP contribution in [0.1, 0.15) is 37.0 Å². The summed E-state index contributed by atoms with van der Waals surface area (Å²) in [5.74, 6) is 3.08. The van der Waals surface area contributed by atoms with Gasteiger partial charge in [0, 0.05) is 18.5 Å². The first-order valence-corrected chi connectivity index (χ1v) is 15.8. The van der Waals surface area contributed by atoms with E-state index in [9.17, 15) is 9.90 Å². The lowest BCUT2D eigenvalue weighted by Crippen LogP contribution is -2.43. The van der Waals surface area contributed by atoms with E-state index >= 15 is 0 Å². The van der Waals surface area contributed by atoms with Crippen molar-refractivity contribution in [3.05, 3.63) is 90.0 Å². The zero-order chi connectivity index (χ0) is 33.9. The third-order valence-electron chi connectivity index (χ3n) is 7.82. The van der Waals surface area contributed by atoms with Gasteiger partial charge < -0.3 is 48.4 Å². The Hall–Kier alpha value is -4.94. The molecule has 0 bridgehead atoms. The van der Waals surface area contributed by atoms with Crippen LogP contribution in [0.4, 0.5) is 4.79 Å². The van der Waals surface area contributed by atoms with E-state index in [1.165, 1.54) is 0 Å². The molecular weight excluding hydrogens is 620 g/mol. The Bertz CT molecular complexity index is 1560. The number of fused-ring (bicyclic) bond motifs is 1. The molecule has 0 saturated heterocycles. The van der Waals surface area contributed by atoms with Crippen molar-refractivity contribution in [3.8, 4) is 28.7 Å². The van der Waals surface area contributed by atoms with Crippen LogP contribution in [0.5, 0.6) is 28.7 Å². The fourth-order valence-electron chi connectivity index (χ4n) is 5.26. The molecular formula is C36H42N2O10. The van der Waals surface area contributed by atoms with E-state index in [1.807, 2.05) is 43.3 Å². The van der Waals surface area contributed by atoms with E-state index in [-0.39, 0.29) is 19.3 Å². The van der Waals surface area contributed by atoms with Gasteiger partial charge in [0.05, 0.1) is 27.4 Å². The molecule has 2 aliphatic rings. The highest BCUT2D eigenvalue weighted by Crippen LogP contribution is 2.38.